The molecule has 6 heteroatoms. The van der Waals surface area contributed by atoms with Crippen molar-refractivity contribution in [3.63, 3.8) is 0 Å². The standard InChI is InChI=1S/C32H28N2O4/c35-31-29(33-20-24-10-4-1-5-11-24)21-34(31)30(32(36)38-23-26-14-8-3-9-15-26)27-16-18-28(19-17-27)37-22-25-12-6-2-7-13-25/h1-20,29-30H,21-23H2/b33-20+/t29-,30?/m0/s1. The Bertz CT molecular complexity index is 1370. The van der Waals surface area contributed by atoms with Crippen LogP contribution in [0.15, 0.2) is 120 Å². The highest BCUT2D eigenvalue weighted by atomic mass is 16.5. The van der Waals surface area contributed by atoms with Gasteiger partial charge in [0.15, 0.2) is 6.04 Å². The van der Waals surface area contributed by atoms with Gasteiger partial charge in [0.25, 0.3) is 0 Å². The molecule has 1 heterocycles. The first-order valence-electron chi connectivity index (χ1n) is 12.5. The second-order valence-electron chi connectivity index (χ2n) is 9.03. The molecule has 1 unspecified atom stereocenters. The number of esters is 1. The number of carbonyl (C=O) groups excluding carboxylic acids is 2. The highest BCUT2D eigenvalue weighted by Gasteiger charge is 2.44. The minimum Gasteiger partial charge on any atom is -0.489 e. The van der Waals surface area contributed by atoms with Gasteiger partial charge in [-0.3, -0.25) is 9.79 Å². The Hall–Kier alpha value is -4.71. The summed E-state index contributed by atoms with van der Waals surface area (Å²) in [5.41, 5.74) is 3.52. The Kier molecular flexibility index (Phi) is 7.89. The van der Waals surface area contributed by atoms with Crippen LogP contribution in [0.2, 0.25) is 0 Å². The number of β-lactam (4-membered cyclic amide) rings is 1. The minimum absolute atomic E-state index is 0.131. The summed E-state index contributed by atoms with van der Waals surface area (Å²) in [5, 5.41) is 0. The van der Waals surface area contributed by atoms with Gasteiger partial charge < -0.3 is 14.4 Å². The fraction of sp³-hybridized carbons (Fsp3) is 0.156. The molecule has 0 N–H and O–H groups in total. The second kappa shape index (κ2) is 12.0. The van der Waals surface area contributed by atoms with Crippen molar-refractivity contribution >= 4 is 18.1 Å². The fourth-order valence-electron chi connectivity index (χ4n) is 4.23. The lowest BCUT2D eigenvalue weighted by molar-refractivity contribution is -0.163. The number of amides is 1. The molecule has 5 rings (SSSR count). The number of hydrogen-bond donors (Lipinski definition) is 0. The first-order chi connectivity index (χ1) is 18.7. The van der Waals surface area contributed by atoms with Crippen LogP contribution in [-0.4, -0.2) is 35.6 Å². The highest BCUT2D eigenvalue weighted by Crippen LogP contribution is 2.31. The predicted molar refractivity (Wildman–Crippen MR) is 146 cm³/mol. The zero-order chi connectivity index (χ0) is 26.2. The van der Waals surface area contributed by atoms with E-state index < -0.39 is 18.1 Å². The molecule has 1 saturated heterocycles. The maximum Gasteiger partial charge on any atom is 0.333 e. The van der Waals surface area contributed by atoms with Crippen LogP contribution < -0.4 is 4.74 Å². The molecule has 1 amide bonds. The molecule has 4 aromatic carbocycles. The van der Waals surface area contributed by atoms with E-state index in [9.17, 15) is 9.59 Å². The fourth-order valence-corrected chi connectivity index (χ4v) is 4.23. The highest BCUT2D eigenvalue weighted by molar-refractivity contribution is 5.95. The quantitative estimate of drug-likeness (QED) is 0.165. The largest absolute Gasteiger partial charge is 0.489 e. The van der Waals surface area contributed by atoms with E-state index in [1.54, 1.807) is 6.21 Å². The van der Waals surface area contributed by atoms with E-state index in [-0.39, 0.29) is 12.5 Å². The number of ether oxygens (including phenoxy) is 2. The second-order valence-corrected chi connectivity index (χ2v) is 9.03. The number of carbonyl (C=O) groups is 2. The molecule has 0 spiro atoms. The van der Waals surface area contributed by atoms with Gasteiger partial charge in [-0.15, -0.1) is 0 Å². The molecule has 2 atom stereocenters. The Balaban J connectivity index is 1.29. The van der Waals surface area contributed by atoms with Crippen LogP contribution in [0.3, 0.4) is 0 Å². The lowest BCUT2D eigenvalue weighted by Crippen LogP contribution is -2.58. The first-order valence-corrected chi connectivity index (χ1v) is 12.5. The minimum atomic E-state index is -0.863. The van der Waals surface area contributed by atoms with Crippen molar-refractivity contribution in [2.45, 2.75) is 25.3 Å². The van der Waals surface area contributed by atoms with E-state index in [0.717, 1.165) is 16.7 Å². The summed E-state index contributed by atoms with van der Waals surface area (Å²) in [4.78, 5) is 32.3. The van der Waals surface area contributed by atoms with Crippen LogP contribution in [0.5, 0.6) is 5.75 Å². The van der Waals surface area contributed by atoms with Crippen LogP contribution >= 0.6 is 0 Å². The number of aliphatic imine (C=N–C) groups is 1. The van der Waals surface area contributed by atoms with Gasteiger partial charge in [-0.2, -0.15) is 0 Å². The zero-order valence-corrected chi connectivity index (χ0v) is 20.9. The molecule has 1 aliphatic heterocycles. The molecule has 0 bridgehead atoms. The van der Waals surface area contributed by atoms with Crippen LogP contribution in [0.1, 0.15) is 28.3 Å². The number of likely N-dealkylation sites (tertiary alicyclic amines) is 1. The molecule has 6 nitrogen and oxygen atoms in total. The summed E-state index contributed by atoms with van der Waals surface area (Å²) < 4.78 is 11.5. The third-order valence-electron chi connectivity index (χ3n) is 6.34. The molecule has 0 radical (unpaired) electrons. The van der Waals surface area contributed by atoms with Crippen molar-refractivity contribution < 1.29 is 19.1 Å². The summed E-state index contributed by atoms with van der Waals surface area (Å²) in [5.74, 6) is -0.0110. The van der Waals surface area contributed by atoms with Gasteiger partial charge >= 0.3 is 5.97 Å². The van der Waals surface area contributed by atoms with E-state index >= 15 is 0 Å². The maximum atomic E-state index is 13.3. The third-order valence-corrected chi connectivity index (χ3v) is 6.34. The van der Waals surface area contributed by atoms with Crippen LogP contribution in [0, 0.1) is 0 Å². The Morgan fingerprint density at radius 2 is 1.39 bits per heavy atom. The van der Waals surface area contributed by atoms with Crippen molar-refractivity contribution in [2.75, 3.05) is 6.54 Å². The van der Waals surface area contributed by atoms with E-state index in [4.69, 9.17) is 9.47 Å². The van der Waals surface area contributed by atoms with E-state index in [2.05, 4.69) is 4.99 Å². The molecular formula is C32H28N2O4. The van der Waals surface area contributed by atoms with Crippen molar-refractivity contribution in [2.24, 2.45) is 4.99 Å². The van der Waals surface area contributed by atoms with Gasteiger partial charge in [0.2, 0.25) is 5.91 Å². The van der Waals surface area contributed by atoms with Crippen molar-refractivity contribution in [1.82, 2.24) is 4.90 Å². The van der Waals surface area contributed by atoms with Gasteiger partial charge in [0, 0.05) is 6.21 Å². The molecule has 0 aromatic heterocycles. The van der Waals surface area contributed by atoms with Crippen molar-refractivity contribution in [3.8, 4) is 5.75 Å². The summed E-state index contributed by atoms with van der Waals surface area (Å²) in [7, 11) is 0. The molecular weight excluding hydrogens is 476 g/mol. The Labute approximate surface area is 222 Å². The lowest BCUT2D eigenvalue weighted by Gasteiger charge is -2.40. The van der Waals surface area contributed by atoms with Crippen molar-refractivity contribution in [1.29, 1.82) is 0 Å². The number of rotatable bonds is 10. The molecule has 1 fully saturated rings. The third kappa shape index (κ3) is 6.16. The average Bonchev–Trinajstić information content (AvgIpc) is 2.98. The smallest absolute Gasteiger partial charge is 0.333 e. The number of hydrogen-bond acceptors (Lipinski definition) is 5. The van der Waals surface area contributed by atoms with Gasteiger partial charge in [0.05, 0.1) is 6.54 Å². The Morgan fingerprint density at radius 3 is 2.00 bits per heavy atom. The number of nitrogens with zero attached hydrogens (tertiary/aromatic N) is 2. The molecule has 38 heavy (non-hydrogen) atoms. The van der Waals surface area contributed by atoms with E-state index in [1.807, 2.05) is 115 Å². The molecule has 0 saturated carbocycles. The van der Waals surface area contributed by atoms with Gasteiger partial charge in [0.1, 0.15) is 25.0 Å². The molecule has 0 aliphatic carbocycles. The number of benzene rings is 4. The predicted octanol–water partition coefficient (Wildman–Crippen LogP) is 5.38. The lowest BCUT2D eigenvalue weighted by atomic mass is 9.98. The first kappa shape index (κ1) is 25.0. The summed E-state index contributed by atoms with van der Waals surface area (Å²) in [6, 6.07) is 34.8. The monoisotopic (exact) mass is 504 g/mol. The van der Waals surface area contributed by atoms with Crippen LogP contribution in [0.4, 0.5) is 0 Å². The van der Waals surface area contributed by atoms with Crippen molar-refractivity contribution in [3.05, 3.63) is 138 Å². The van der Waals surface area contributed by atoms with Gasteiger partial charge in [-0.1, -0.05) is 103 Å². The maximum absolute atomic E-state index is 13.3. The van der Waals surface area contributed by atoms with Gasteiger partial charge in [-0.05, 0) is 34.4 Å². The average molecular weight is 505 g/mol. The van der Waals surface area contributed by atoms with E-state index in [1.165, 1.54) is 4.90 Å². The van der Waals surface area contributed by atoms with Crippen LogP contribution in [0.25, 0.3) is 0 Å². The molecule has 190 valence electrons. The van der Waals surface area contributed by atoms with Crippen LogP contribution in [-0.2, 0) is 27.5 Å². The van der Waals surface area contributed by atoms with Gasteiger partial charge in [-0.25, -0.2) is 4.79 Å². The summed E-state index contributed by atoms with van der Waals surface area (Å²) >= 11 is 0. The normalized spacial score (nSPS) is 15.6. The Morgan fingerprint density at radius 1 is 0.816 bits per heavy atom. The summed E-state index contributed by atoms with van der Waals surface area (Å²) in [6.07, 6.45) is 1.70. The molecule has 4 aromatic rings. The topological polar surface area (TPSA) is 68.2 Å². The zero-order valence-electron chi connectivity index (χ0n) is 20.9. The SMILES string of the molecule is O=C(OCc1ccccc1)C(c1ccc(OCc2ccccc2)cc1)N1C[C@H](/N=C/c2ccccc2)C1=O. The van der Waals surface area contributed by atoms with E-state index in [0.29, 0.717) is 24.5 Å². The summed E-state index contributed by atoms with van der Waals surface area (Å²) in [6.45, 7) is 0.903. The molecule has 1 aliphatic rings.